The maximum atomic E-state index is 13.8. The van der Waals surface area contributed by atoms with Crippen LogP contribution in [0, 0.1) is 0 Å². The fourth-order valence-electron chi connectivity index (χ4n) is 4.94. The van der Waals surface area contributed by atoms with Gasteiger partial charge in [-0.3, -0.25) is 9.59 Å². The van der Waals surface area contributed by atoms with Crippen LogP contribution in [-0.4, -0.2) is 62.6 Å². The number of carbonyl (C=O) groups is 2. The van der Waals surface area contributed by atoms with Gasteiger partial charge in [-0.25, -0.2) is 4.98 Å². The molecule has 9 nitrogen and oxygen atoms in total. The SMILES string of the molecule is CC(C)[Si]1(C(C)C)OCC(=O)[C@H](CC(=O)c2cnc(OC(C)(C)C)nc2OC(C)(C)C)O[Si](C(C)C)(C(C)C)O1. The summed E-state index contributed by atoms with van der Waals surface area (Å²) in [5.41, 5.74) is -0.692. The molecule has 1 aliphatic rings. The highest BCUT2D eigenvalue weighted by atomic mass is 28.5. The average Bonchev–Trinajstić information content (AvgIpc) is 2.76. The number of ketones is 2. The van der Waals surface area contributed by atoms with Gasteiger partial charge in [0, 0.05) is 12.6 Å². The molecule has 0 saturated carbocycles. The molecular formula is C29H52N2O7Si2. The third kappa shape index (κ3) is 8.21. The van der Waals surface area contributed by atoms with Crippen molar-refractivity contribution < 1.29 is 32.0 Å². The Labute approximate surface area is 243 Å². The Morgan fingerprint density at radius 2 is 1.40 bits per heavy atom. The van der Waals surface area contributed by atoms with Crippen LogP contribution in [0.4, 0.5) is 0 Å². The molecule has 0 aliphatic carbocycles. The van der Waals surface area contributed by atoms with E-state index in [2.05, 4.69) is 65.4 Å². The van der Waals surface area contributed by atoms with Gasteiger partial charge in [0.1, 0.15) is 17.3 Å². The molecule has 2 rings (SSSR count). The van der Waals surface area contributed by atoms with Crippen molar-refractivity contribution in [1.29, 1.82) is 0 Å². The Morgan fingerprint density at radius 3 is 1.85 bits per heavy atom. The van der Waals surface area contributed by atoms with Gasteiger partial charge in [0.15, 0.2) is 11.6 Å². The van der Waals surface area contributed by atoms with E-state index in [4.69, 9.17) is 22.4 Å². The lowest BCUT2D eigenvalue weighted by Crippen LogP contribution is -2.65. The molecule has 1 saturated heterocycles. The summed E-state index contributed by atoms with van der Waals surface area (Å²) in [6.07, 6.45) is 0.201. The molecule has 0 spiro atoms. The van der Waals surface area contributed by atoms with Crippen molar-refractivity contribution in [3.8, 4) is 11.9 Å². The molecule has 0 N–H and O–H groups in total. The summed E-state index contributed by atoms with van der Waals surface area (Å²) in [6, 6.07) is 0.109. The molecule has 11 heteroatoms. The van der Waals surface area contributed by atoms with Gasteiger partial charge < -0.3 is 22.4 Å². The van der Waals surface area contributed by atoms with Gasteiger partial charge in [-0.05, 0) is 63.7 Å². The lowest BCUT2D eigenvalue weighted by Gasteiger charge is -2.50. The van der Waals surface area contributed by atoms with E-state index in [1.165, 1.54) is 6.20 Å². The molecule has 0 amide bonds. The van der Waals surface area contributed by atoms with Crippen LogP contribution in [0.1, 0.15) is 114 Å². The standard InChI is InChI=1S/C29H52N2O7Si2/c1-18(2)39(19(3)4)34-17-24(33)25(37-40(38-39,20(5)6)21(7)8)15-23(32)22-16-30-27(36-29(12,13)14)31-26(22)35-28(9,10)11/h16,18-21,25H,15,17H2,1-14H3/t25-/m0/s1. The van der Waals surface area contributed by atoms with E-state index in [-0.39, 0.29) is 64.2 Å². The van der Waals surface area contributed by atoms with Crippen LogP contribution in [0.3, 0.4) is 0 Å². The Hall–Kier alpha value is -1.67. The molecule has 1 aromatic heterocycles. The molecule has 40 heavy (non-hydrogen) atoms. The summed E-state index contributed by atoms with van der Waals surface area (Å²) in [5.74, 6) is -0.494. The molecule has 1 aromatic rings. The number of hydrogen-bond acceptors (Lipinski definition) is 9. The van der Waals surface area contributed by atoms with Crippen LogP contribution >= 0.6 is 0 Å². The molecular weight excluding hydrogens is 544 g/mol. The smallest absolute Gasteiger partial charge is 0.335 e. The molecule has 2 heterocycles. The van der Waals surface area contributed by atoms with E-state index in [0.717, 1.165) is 0 Å². The topological polar surface area (TPSA) is 106 Å². The minimum atomic E-state index is -3.06. The fourth-order valence-corrected chi connectivity index (χ4v) is 16.0. The minimum Gasteiger partial charge on any atom is -0.471 e. The quantitative estimate of drug-likeness (QED) is 0.221. The maximum absolute atomic E-state index is 13.8. The van der Waals surface area contributed by atoms with E-state index in [9.17, 15) is 9.59 Å². The summed E-state index contributed by atoms with van der Waals surface area (Å²) >= 11 is 0. The van der Waals surface area contributed by atoms with Crippen LogP contribution in [-0.2, 0) is 17.8 Å². The van der Waals surface area contributed by atoms with Gasteiger partial charge >= 0.3 is 23.1 Å². The number of hydrogen-bond donors (Lipinski definition) is 0. The molecule has 0 bridgehead atoms. The van der Waals surface area contributed by atoms with Crippen LogP contribution < -0.4 is 9.47 Å². The number of carbonyl (C=O) groups excluding carboxylic acids is 2. The lowest BCUT2D eigenvalue weighted by molar-refractivity contribution is -0.131. The molecule has 228 valence electrons. The first-order valence-electron chi connectivity index (χ1n) is 14.5. The van der Waals surface area contributed by atoms with Crippen molar-refractivity contribution in [2.45, 2.75) is 143 Å². The number of aromatic nitrogens is 2. The Morgan fingerprint density at radius 1 is 0.900 bits per heavy atom. The van der Waals surface area contributed by atoms with Gasteiger partial charge in [0.2, 0.25) is 5.88 Å². The monoisotopic (exact) mass is 596 g/mol. The first-order chi connectivity index (χ1) is 18.1. The summed E-state index contributed by atoms with van der Waals surface area (Å²) in [5, 5.41) is 0. The van der Waals surface area contributed by atoms with Gasteiger partial charge in [0.25, 0.3) is 0 Å². The molecule has 0 unspecified atom stereocenters. The highest BCUT2D eigenvalue weighted by Gasteiger charge is 2.59. The number of rotatable bonds is 9. The van der Waals surface area contributed by atoms with E-state index < -0.39 is 34.4 Å². The summed E-state index contributed by atoms with van der Waals surface area (Å²) in [7, 11) is -5.90. The minimum absolute atomic E-state index is 0.0286. The molecule has 1 atom stereocenters. The zero-order chi connectivity index (χ0) is 30.8. The first-order valence-corrected chi connectivity index (χ1v) is 18.4. The zero-order valence-corrected chi connectivity index (χ0v) is 29.1. The molecule has 0 radical (unpaired) electrons. The van der Waals surface area contributed by atoms with Crippen LogP contribution in [0.25, 0.3) is 0 Å². The van der Waals surface area contributed by atoms with Crippen molar-refractivity contribution in [2.24, 2.45) is 0 Å². The Kier molecular flexibility index (Phi) is 11.0. The molecule has 0 aromatic carbocycles. The number of nitrogens with zero attached hydrogens (tertiary/aromatic N) is 2. The van der Waals surface area contributed by atoms with Crippen molar-refractivity contribution in [3.05, 3.63) is 11.8 Å². The van der Waals surface area contributed by atoms with Crippen molar-refractivity contribution >= 4 is 28.7 Å². The normalized spacial score (nSPS) is 20.1. The number of Topliss-reactive ketones (excluding diaryl/α,β-unsaturated/α-hetero) is 2. The van der Waals surface area contributed by atoms with E-state index in [0.29, 0.717) is 0 Å². The third-order valence-corrected chi connectivity index (χ3v) is 17.1. The Balaban J connectivity index is 2.53. The summed E-state index contributed by atoms with van der Waals surface area (Å²) in [6.45, 7) is 27.8. The largest absolute Gasteiger partial charge is 0.471 e. The second kappa shape index (κ2) is 12.7. The summed E-state index contributed by atoms with van der Waals surface area (Å²) in [4.78, 5) is 36.1. The number of ether oxygens (including phenoxy) is 2. The average molecular weight is 597 g/mol. The van der Waals surface area contributed by atoms with Gasteiger partial charge in [-0.15, -0.1) is 0 Å². The van der Waals surface area contributed by atoms with Crippen LogP contribution in [0.5, 0.6) is 11.9 Å². The second-order valence-electron chi connectivity index (χ2n) is 14.0. The van der Waals surface area contributed by atoms with Crippen molar-refractivity contribution in [3.63, 3.8) is 0 Å². The van der Waals surface area contributed by atoms with Gasteiger partial charge in [0.05, 0.1) is 12.2 Å². The lowest BCUT2D eigenvalue weighted by atomic mass is 10.0. The highest BCUT2D eigenvalue weighted by molar-refractivity contribution is 6.84. The third-order valence-electron chi connectivity index (χ3n) is 6.87. The Bertz CT molecular complexity index is 1030. The second-order valence-corrected chi connectivity index (χ2v) is 22.8. The van der Waals surface area contributed by atoms with Gasteiger partial charge in [-0.2, -0.15) is 4.98 Å². The van der Waals surface area contributed by atoms with E-state index in [1.807, 2.05) is 41.5 Å². The maximum Gasteiger partial charge on any atom is 0.335 e. The van der Waals surface area contributed by atoms with Crippen molar-refractivity contribution in [1.82, 2.24) is 9.97 Å². The first kappa shape index (κ1) is 34.5. The van der Waals surface area contributed by atoms with E-state index in [1.54, 1.807) is 0 Å². The summed E-state index contributed by atoms with van der Waals surface area (Å²) < 4.78 is 32.3. The van der Waals surface area contributed by atoms with Crippen LogP contribution in [0.15, 0.2) is 6.20 Å². The van der Waals surface area contributed by atoms with Crippen molar-refractivity contribution in [2.75, 3.05) is 6.61 Å². The fraction of sp³-hybridized carbons (Fsp3) is 0.793. The van der Waals surface area contributed by atoms with Gasteiger partial charge in [-0.1, -0.05) is 55.4 Å². The molecule has 1 aliphatic heterocycles. The predicted octanol–water partition coefficient (Wildman–Crippen LogP) is 6.93. The van der Waals surface area contributed by atoms with E-state index >= 15 is 0 Å². The van der Waals surface area contributed by atoms with Crippen LogP contribution in [0.2, 0.25) is 22.2 Å². The highest BCUT2D eigenvalue weighted by Crippen LogP contribution is 2.46. The zero-order valence-electron chi connectivity index (χ0n) is 27.1. The molecule has 1 fully saturated rings. The predicted molar refractivity (Wildman–Crippen MR) is 161 cm³/mol.